The molecule has 0 bridgehead atoms. The first-order valence-electron chi connectivity index (χ1n) is 5.58. The number of rotatable bonds is 4. The maximum Gasteiger partial charge on any atom is 0.270 e. The van der Waals surface area contributed by atoms with Crippen LogP contribution in [0, 0.1) is 28.4 Å². The number of anilines is 1. The average Bonchev–Trinajstić information content (AvgIpc) is 2.81. The van der Waals surface area contributed by atoms with Crippen molar-refractivity contribution in [3.63, 3.8) is 0 Å². The lowest BCUT2D eigenvalue weighted by Gasteiger charge is -2.06. The molecule has 0 fully saturated rings. The number of furan rings is 1. The van der Waals surface area contributed by atoms with Gasteiger partial charge in [-0.15, -0.1) is 0 Å². The molecule has 6 heteroatoms. The minimum atomic E-state index is -0.527. The van der Waals surface area contributed by atoms with Gasteiger partial charge in [0.05, 0.1) is 22.7 Å². The van der Waals surface area contributed by atoms with Crippen LogP contribution in [0.2, 0.25) is 0 Å². The van der Waals surface area contributed by atoms with E-state index in [9.17, 15) is 10.1 Å². The smallest absolute Gasteiger partial charge is 0.270 e. The van der Waals surface area contributed by atoms with Gasteiger partial charge in [-0.2, -0.15) is 5.26 Å². The van der Waals surface area contributed by atoms with Gasteiger partial charge in [0.15, 0.2) is 0 Å². The molecule has 0 spiro atoms. The van der Waals surface area contributed by atoms with Crippen LogP contribution in [0.1, 0.15) is 17.1 Å². The van der Waals surface area contributed by atoms with E-state index in [2.05, 4.69) is 5.32 Å². The van der Waals surface area contributed by atoms with Crippen LogP contribution in [0.3, 0.4) is 0 Å². The Balaban J connectivity index is 2.16. The number of nitriles is 1. The molecule has 0 aliphatic rings. The number of hydrogen-bond acceptors (Lipinski definition) is 5. The maximum atomic E-state index is 10.6. The summed E-state index contributed by atoms with van der Waals surface area (Å²) in [4.78, 5) is 10.1. The Kier molecular flexibility index (Phi) is 3.48. The highest BCUT2D eigenvalue weighted by atomic mass is 16.6. The summed E-state index contributed by atoms with van der Waals surface area (Å²) in [6.45, 7) is 2.26. The third-order valence-electron chi connectivity index (χ3n) is 2.58. The van der Waals surface area contributed by atoms with Crippen LogP contribution in [0.5, 0.6) is 0 Å². The molecule has 0 aliphatic carbocycles. The minimum Gasteiger partial charge on any atom is -0.465 e. The quantitative estimate of drug-likeness (QED) is 0.671. The summed E-state index contributed by atoms with van der Waals surface area (Å²) >= 11 is 0. The zero-order valence-electron chi connectivity index (χ0n) is 10.2. The fourth-order valence-corrected chi connectivity index (χ4v) is 1.65. The Hall–Kier alpha value is -2.81. The van der Waals surface area contributed by atoms with E-state index in [1.54, 1.807) is 0 Å². The van der Waals surface area contributed by atoms with Crippen LogP contribution < -0.4 is 5.32 Å². The number of benzene rings is 1. The molecule has 1 aromatic carbocycles. The van der Waals surface area contributed by atoms with Crippen molar-refractivity contribution in [2.45, 2.75) is 13.5 Å². The summed E-state index contributed by atoms with van der Waals surface area (Å²) in [7, 11) is 0. The normalized spacial score (nSPS) is 9.89. The van der Waals surface area contributed by atoms with Gasteiger partial charge in [-0.3, -0.25) is 10.1 Å². The molecule has 0 saturated heterocycles. The first-order chi connectivity index (χ1) is 9.10. The van der Waals surface area contributed by atoms with Crippen molar-refractivity contribution >= 4 is 11.4 Å². The zero-order chi connectivity index (χ0) is 13.8. The highest BCUT2D eigenvalue weighted by molar-refractivity contribution is 5.61. The SMILES string of the molecule is Cc1ccc(CNc2ccc([N+](=O)[O-])cc2C#N)o1. The molecule has 0 unspecified atom stereocenters. The van der Waals surface area contributed by atoms with Gasteiger partial charge in [-0.05, 0) is 25.1 Å². The summed E-state index contributed by atoms with van der Waals surface area (Å²) in [5, 5.41) is 22.6. The molecule has 0 radical (unpaired) electrons. The summed E-state index contributed by atoms with van der Waals surface area (Å²) < 4.78 is 5.39. The number of nitro groups is 1. The van der Waals surface area contributed by atoms with E-state index in [1.165, 1.54) is 18.2 Å². The lowest BCUT2D eigenvalue weighted by atomic mass is 10.1. The number of nitro benzene ring substituents is 1. The third kappa shape index (κ3) is 2.90. The summed E-state index contributed by atoms with van der Waals surface area (Å²) in [5.74, 6) is 1.54. The number of nitrogens with one attached hydrogen (secondary N) is 1. The summed E-state index contributed by atoms with van der Waals surface area (Å²) in [6.07, 6.45) is 0. The van der Waals surface area contributed by atoms with Crippen molar-refractivity contribution in [2.24, 2.45) is 0 Å². The molecular formula is C13H11N3O3. The molecule has 1 N–H and O–H groups in total. The monoisotopic (exact) mass is 257 g/mol. The molecule has 2 rings (SSSR count). The summed E-state index contributed by atoms with van der Waals surface area (Å²) in [6, 6.07) is 9.74. The van der Waals surface area contributed by atoms with E-state index < -0.39 is 4.92 Å². The Labute approximate surface area is 109 Å². The number of aryl methyl sites for hydroxylation is 1. The van der Waals surface area contributed by atoms with E-state index >= 15 is 0 Å². The van der Waals surface area contributed by atoms with Crippen molar-refractivity contribution in [3.05, 3.63) is 57.5 Å². The van der Waals surface area contributed by atoms with Gasteiger partial charge in [0.25, 0.3) is 5.69 Å². The van der Waals surface area contributed by atoms with E-state index in [0.29, 0.717) is 12.2 Å². The second-order valence-electron chi connectivity index (χ2n) is 3.96. The number of non-ortho nitro benzene ring substituents is 1. The lowest BCUT2D eigenvalue weighted by Crippen LogP contribution is -2.01. The van der Waals surface area contributed by atoms with Gasteiger partial charge in [0.2, 0.25) is 0 Å². The molecule has 0 amide bonds. The van der Waals surface area contributed by atoms with Crippen LogP contribution in [0.4, 0.5) is 11.4 Å². The average molecular weight is 257 g/mol. The largest absolute Gasteiger partial charge is 0.465 e. The van der Waals surface area contributed by atoms with Crippen LogP contribution in [-0.2, 0) is 6.54 Å². The molecule has 1 aromatic heterocycles. The molecule has 96 valence electrons. The Morgan fingerprint density at radius 2 is 2.21 bits per heavy atom. The first kappa shape index (κ1) is 12.6. The van der Waals surface area contributed by atoms with E-state index in [4.69, 9.17) is 9.68 Å². The molecule has 0 atom stereocenters. The van der Waals surface area contributed by atoms with E-state index in [0.717, 1.165) is 11.5 Å². The predicted octanol–water partition coefficient (Wildman–Crippen LogP) is 2.98. The van der Waals surface area contributed by atoms with Crippen molar-refractivity contribution < 1.29 is 9.34 Å². The van der Waals surface area contributed by atoms with Gasteiger partial charge in [-0.25, -0.2) is 0 Å². The van der Waals surface area contributed by atoms with Gasteiger partial charge in [0.1, 0.15) is 17.6 Å². The van der Waals surface area contributed by atoms with Crippen molar-refractivity contribution in [1.29, 1.82) is 5.26 Å². The first-order valence-corrected chi connectivity index (χ1v) is 5.58. The Morgan fingerprint density at radius 1 is 1.42 bits per heavy atom. The Morgan fingerprint density at radius 3 is 2.79 bits per heavy atom. The molecule has 19 heavy (non-hydrogen) atoms. The zero-order valence-corrected chi connectivity index (χ0v) is 10.2. The highest BCUT2D eigenvalue weighted by Crippen LogP contribution is 2.22. The van der Waals surface area contributed by atoms with Crippen LogP contribution in [0.25, 0.3) is 0 Å². The standard InChI is InChI=1S/C13H11N3O3/c1-9-2-4-12(19-9)8-15-13-5-3-11(16(17)18)6-10(13)7-14/h2-6,15H,8H2,1H3. The number of nitrogens with zero attached hydrogens (tertiary/aromatic N) is 2. The van der Waals surface area contributed by atoms with E-state index in [-0.39, 0.29) is 11.3 Å². The second-order valence-corrected chi connectivity index (χ2v) is 3.96. The highest BCUT2D eigenvalue weighted by Gasteiger charge is 2.10. The molecular weight excluding hydrogens is 246 g/mol. The fourth-order valence-electron chi connectivity index (χ4n) is 1.65. The van der Waals surface area contributed by atoms with Gasteiger partial charge < -0.3 is 9.73 Å². The maximum absolute atomic E-state index is 10.6. The predicted molar refractivity (Wildman–Crippen MR) is 68.6 cm³/mol. The van der Waals surface area contributed by atoms with E-state index in [1.807, 2.05) is 25.1 Å². The lowest BCUT2D eigenvalue weighted by molar-refractivity contribution is -0.384. The molecule has 2 aromatic rings. The minimum absolute atomic E-state index is 0.101. The fraction of sp³-hybridized carbons (Fsp3) is 0.154. The van der Waals surface area contributed by atoms with Crippen LogP contribution in [0.15, 0.2) is 34.7 Å². The topological polar surface area (TPSA) is 92.1 Å². The second kappa shape index (κ2) is 5.23. The molecule has 0 saturated carbocycles. The van der Waals surface area contributed by atoms with Gasteiger partial charge in [0, 0.05) is 12.1 Å². The van der Waals surface area contributed by atoms with Crippen molar-refractivity contribution in [2.75, 3.05) is 5.32 Å². The van der Waals surface area contributed by atoms with Crippen LogP contribution in [-0.4, -0.2) is 4.92 Å². The number of hydrogen-bond donors (Lipinski definition) is 1. The molecule has 6 nitrogen and oxygen atoms in total. The van der Waals surface area contributed by atoms with Gasteiger partial charge >= 0.3 is 0 Å². The van der Waals surface area contributed by atoms with Crippen LogP contribution >= 0.6 is 0 Å². The molecule has 0 aliphatic heterocycles. The van der Waals surface area contributed by atoms with Crippen molar-refractivity contribution in [1.82, 2.24) is 0 Å². The summed E-state index contributed by atoms with van der Waals surface area (Å²) in [5.41, 5.74) is 0.676. The Bertz CT molecular complexity index is 655. The van der Waals surface area contributed by atoms with Crippen molar-refractivity contribution in [3.8, 4) is 6.07 Å². The molecule has 1 heterocycles. The van der Waals surface area contributed by atoms with Gasteiger partial charge in [-0.1, -0.05) is 0 Å². The third-order valence-corrected chi connectivity index (χ3v) is 2.58.